The molecule has 0 heterocycles. The van der Waals surface area contributed by atoms with Crippen molar-refractivity contribution in [3.05, 3.63) is 0 Å². The van der Waals surface area contributed by atoms with Crippen molar-refractivity contribution >= 4 is 0 Å². The second-order valence-corrected chi connectivity index (χ2v) is 5.24. The molecule has 1 aliphatic rings. The summed E-state index contributed by atoms with van der Waals surface area (Å²) in [5.74, 6) is 0.975. The zero-order valence-electron chi connectivity index (χ0n) is 10.6. The van der Waals surface area contributed by atoms with Crippen LogP contribution in [0.1, 0.15) is 52.9 Å². The first-order valence-corrected chi connectivity index (χ1v) is 6.55. The van der Waals surface area contributed by atoms with Crippen LogP contribution in [0.4, 0.5) is 0 Å². The molecule has 0 aromatic carbocycles. The zero-order valence-corrected chi connectivity index (χ0v) is 10.6. The molecule has 1 fully saturated rings. The lowest BCUT2D eigenvalue weighted by atomic mass is 10.1. The average molecular weight is 213 g/mol. The highest BCUT2D eigenvalue weighted by Crippen LogP contribution is 2.30. The summed E-state index contributed by atoms with van der Waals surface area (Å²) in [7, 11) is 0. The Morgan fingerprint density at radius 1 is 1.33 bits per heavy atom. The van der Waals surface area contributed by atoms with Gasteiger partial charge >= 0.3 is 0 Å². The Kier molecular flexibility index (Phi) is 5.62. The smallest absolute Gasteiger partial charge is 0.0538 e. The molecular formula is C13H27NO. The number of hydrogen-bond donors (Lipinski definition) is 1. The third-order valence-electron chi connectivity index (χ3n) is 3.37. The topological polar surface area (TPSA) is 23.5 Å². The molecule has 0 spiro atoms. The zero-order chi connectivity index (χ0) is 11.3. The van der Waals surface area contributed by atoms with E-state index in [1.165, 1.54) is 19.4 Å². The highest BCUT2D eigenvalue weighted by Gasteiger charge is 2.25. The normalized spacial score (nSPS) is 18.8. The van der Waals surface area contributed by atoms with Crippen LogP contribution in [-0.2, 0) is 0 Å². The van der Waals surface area contributed by atoms with E-state index in [0.717, 1.165) is 31.7 Å². The second-order valence-electron chi connectivity index (χ2n) is 5.24. The van der Waals surface area contributed by atoms with Crippen LogP contribution in [0.3, 0.4) is 0 Å². The van der Waals surface area contributed by atoms with Gasteiger partial charge in [0.2, 0.25) is 0 Å². The molecule has 1 rings (SSSR count). The van der Waals surface area contributed by atoms with Gasteiger partial charge < -0.3 is 10.0 Å². The monoisotopic (exact) mass is 213 g/mol. The lowest BCUT2D eigenvalue weighted by Gasteiger charge is -2.26. The van der Waals surface area contributed by atoms with Crippen LogP contribution < -0.4 is 0 Å². The highest BCUT2D eigenvalue weighted by molar-refractivity contribution is 4.78. The quantitative estimate of drug-likeness (QED) is 0.670. The predicted molar refractivity (Wildman–Crippen MR) is 65.0 cm³/mol. The molecule has 1 aliphatic carbocycles. The fourth-order valence-corrected chi connectivity index (χ4v) is 1.93. The van der Waals surface area contributed by atoms with Crippen molar-refractivity contribution in [1.29, 1.82) is 0 Å². The van der Waals surface area contributed by atoms with E-state index in [1.807, 2.05) is 0 Å². The van der Waals surface area contributed by atoms with E-state index in [0.29, 0.717) is 6.04 Å². The second kappa shape index (κ2) is 6.49. The van der Waals surface area contributed by atoms with E-state index in [9.17, 15) is 5.11 Å². The third-order valence-corrected chi connectivity index (χ3v) is 3.37. The molecule has 2 heteroatoms. The Labute approximate surface area is 94.7 Å². The lowest BCUT2D eigenvalue weighted by molar-refractivity contribution is 0.142. The molecule has 0 aromatic rings. The summed E-state index contributed by atoms with van der Waals surface area (Å²) >= 11 is 0. The summed E-state index contributed by atoms with van der Waals surface area (Å²) in [6, 6.07) is 0.657. The van der Waals surface area contributed by atoms with E-state index >= 15 is 0 Å². The molecule has 1 unspecified atom stereocenters. The molecule has 90 valence electrons. The predicted octanol–water partition coefficient (Wildman–Crippen LogP) is 2.66. The highest BCUT2D eigenvalue weighted by atomic mass is 16.3. The Morgan fingerprint density at radius 2 is 2.00 bits per heavy atom. The van der Waals surface area contributed by atoms with Crippen LogP contribution in [0.15, 0.2) is 0 Å². The van der Waals surface area contributed by atoms with E-state index in [1.54, 1.807) is 0 Å². The van der Waals surface area contributed by atoms with E-state index < -0.39 is 0 Å². The molecule has 15 heavy (non-hydrogen) atoms. The number of aliphatic hydroxyl groups excluding tert-OH is 1. The van der Waals surface area contributed by atoms with Crippen LogP contribution in [0.25, 0.3) is 0 Å². The summed E-state index contributed by atoms with van der Waals surface area (Å²) < 4.78 is 0. The minimum Gasteiger partial charge on any atom is -0.393 e. The molecule has 1 saturated carbocycles. The molecule has 0 bridgehead atoms. The number of aliphatic hydroxyl groups is 1. The Morgan fingerprint density at radius 3 is 2.47 bits per heavy atom. The van der Waals surface area contributed by atoms with Gasteiger partial charge in [-0.25, -0.2) is 0 Å². The van der Waals surface area contributed by atoms with Crippen LogP contribution in [0, 0.1) is 5.92 Å². The maximum absolute atomic E-state index is 9.49. The summed E-state index contributed by atoms with van der Waals surface area (Å²) in [6.45, 7) is 9.04. The summed E-state index contributed by atoms with van der Waals surface area (Å²) in [5.41, 5.74) is 0. The van der Waals surface area contributed by atoms with Gasteiger partial charge in [-0.05, 0) is 58.4 Å². The van der Waals surface area contributed by atoms with Gasteiger partial charge in [0.25, 0.3) is 0 Å². The van der Waals surface area contributed by atoms with Crippen LogP contribution in [0.2, 0.25) is 0 Å². The van der Waals surface area contributed by atoms with Gasteiger partial charge in [-0.15, -0.1) is 0 Å². The van der Waals surface area contributed by atoms with Gasteiger partial charge in [0.15, 0.2) is 0 Å². The van der Waals surface area contributed by atoms with Crippen LogP contribution in [0.5, 0.6) is 0 Å². The first-order valence-electron chi connectivity index (χ1n) is 6.55. The van der Waals surface area contributed by atoms with Crippen molar-refractivity contribution in [3.63, 3.8) is 0 Å². The molecule has 2 nitrogen and oxygen atoms in total. The van der Waals surface area contributed by atoms with Crippen molar-refractivity contribution in [2.75, 3.05) is 13.1 Å². The van der Waals surface area contributed by atoms with Gasteiger partial charge in [0.05, 0.1) is 6.10 Å². The van der Waals surface area contributed by atoms with Crippen molar-refractivity contribution in [2.45, 2.75) is 65.0 Å². The largest absolute Gasteiger partial charge is 0.393 e. The third kappa shape index (κ3) is 5.53. The maximum Gasteiger partial charge on any atom is 0.0538 e. The average Bonchev–Trinajstić information content (AvgIpc) is 2.99. The van der Waals surface area contributed by atoms with Crippen molar-refractivity contribution in [3.8, 4) is 0 Å². The molecular weight excluding hydrogens is 186 g/mol. The first-order chi connectivity index (χ1) is 7.13. The molecule has 0 aliphatic heterocycles. The lowest BCUT2D eigenvalue weighted by Crippen LogP contribution is -2.34. The number of nitrogens with zero attached hydrogens (tertiary/aromatic N) is 1. The molecule has 0 radical (unpaired) electrons. The first kappa shape index (κ1) is 13.0. The minimum absolute atomic E-state index is 0.0834. The van der Waals surface area contributed by atoms with Gasteiger partial charge in [0, 0.05) is 12.6 Å². The van der Waals surface area contributed by atoms with Gasteiger partial charge in [0.1, 0.15) is 0 Å². The van der Waals surface area contributed by atoms with Gasteiger partial charge in [-0.1, -0.05) is 6.92 Å². The standard InChI is InChI=1S/C13H27NO/c1-4-13(15)6-5-9-14(11(2)3)10-12-7-8-12/h11-13,15H,4-10H2,1-3H3. The van der Waals surface area contributed by atoms with Crippen LogP contribution >= 0.6 is 0 Å². The van der Waals surface area contributed by atoms with Crippen molar-refractivity contribution in [1.82, 2.24) is 4.90 Å². The van der Waals surface area contributed by atoms with Gasteiger partial charge in [-0.2, -0.15) is 0 Å². The molecule has 0 saturated heterocycles. The Bertz CT molecular complexity index is 166. The fraction of sp³-hybridized carbons (Fsp3) is 1.00. The molecule has 0 amide bonds. The minimum atomic E-state index is -0.0834. The van der Waals surface area contributed by atoms with E-state index in [2.05, 4.69) is 25.7 Å². The SMILES string of the molecule is CCC(O)CCCN(CC1CC1)C(C)C. The molecule has 1 N–H and O–H groups in total. The van der Waals surface area contributed by atoms with Gasteiger partial charge in [-0.3, -0.25) is 0 Å². The Balaban J connectivity index is 2.13. The molecule has 0 aromatic heterocycles. The van der Waals surface area contributed by atoms with E-state index in [4.69, 9.17) is 0 Å². The summed E-state index contributed by atoms with van der Waals surface area (Å²) in [5, 5.41) is 9.49. The molecule has 1 atom stereocenters. The summed E-state index contributed by atoms with van der Waals surface area (Å²) in [6.07, 6.45) is 5.77. The fourth-order valence-electron chi connectivity index (χ4n) is 1.93. The number of rotatable bonds is 8. The summed E-state index contributed by atoms with van der Waals surface area (Å²) in [4.78, 5) is 2.57. The van der Waals surface area contributed by atoms with Crippen molar-refractivity contribution in [2.24, 2.45) is 5.92 Å². The van der Waals surface area contributed by atoms with Crippen LogP contribution in [-0.4, -0.2) is 35.2 Å². The number of hydrogen-bond acceptors (Lipinski definition) is 2. The van der Waals surface area contributed by atoms with Crippen molar-refractivity contribution < 1.29 is 5.11 Å². The Hall–Kier alpha value is -0.0800. The maximum atomic E-state index is 9.49. The van der Waals surface area contributed by atoms with E-state index in [-0.39, 0.29) is 6.10 Å².